The molecule has 3 fully saturated rings. The number of hydrogen-bond donors (Lipinski definition) is 3. The zero-order valence-electron chi connectivity index (χ0n) is 17.9. The fraction of sp³-hybridized carbons (Fsp3) is 0.760. The van der Waals surface area contributed by atoms with E-state index < -0.39 is 12.2 Å². The van der Waals surface area contributed by atoms with E-state index in [0.29, 0.717) is 36.4 Å². The van der Waals surface area contributed by atoms with Gasteiger partial charge in [0.15, 0.2) is 0 Å². The van der Waals surface area contributed by atoms with Gasteiger partial charge in [-0.15, -0.1) is 0 Å². The van der Waals surface area contributed by atoms with Crippen molar-refractivity contribution in [1.29, 1.82) is 0 Å². The summed E-state index contributed by atoms with van der Waals surface area (Å²) in [6.45, 7) is 9.07. The molecule has 0 radical (unpaired) electrons. The van der Waals surface area contributed by atoms with Crippen molar-refractivity contribution < 1.29 is 15.3 Å². The first-order chi connectivity index (χ1) is 13.4. The molecule has 28 heavy (non-hydrogen) atoms. The Hall–Kier alpha value is -0.900. The van der Waals surface area contributed by atoms with Crippen LogP contribution < -0.4 is 0 Å². The van der Waals surface area contributed by atoms with Crippen LogP contribution in [0.25, 0.3) is 0 Å². The molecule has 1 unspecified atom stereocenters. The van der Waals surface area contributed by atoms with Crippen molar-refractivity contribution in [3.8, 4) is 0 Å². The summed E-state index contributed by atoms with van der Waals surface area (Å²) in [5, 5.41) is 29.3. The summed E-state index contributed by atoms with van der Waals surface area (Å²) in [5.41, 5.74) is 3.68. The Kier molecular flexibility index (Phi) is 7.22. The largest absolute Gasteiger partial charge is 0.396 e. The molecule has 158 valence electrons. The second-order valence-corrected chi connectivity index (χ2v) is 9.87. The summed E-state index contributed by atoms with van der Waals surface area (Å²) >= 11 is 0. The van der Waals surface area contributed by atoms with Gasteiger partial charge in [-0.1, -0.05) is 56.6 Å². The van der Waals surface area contributed by atoms with Crippen LogP contribution in [0.3, 0.4) is 0 Å². The fourth-order valence-electron chi connectivity index (χ4n) is 6.42. The maximum absolute atomic E-state index is 10.1. The zero-order valence-corrected chi connectivity index (χ0v) is 17.9. The third-order valence-corrected chi connectivity index (χ3v) is 8.09. The van der Waals surface area contributed by atoms with Gasteiger partial charge in [0, 0.05) is 6.61 Å². The molecule has 0 aliphatic heterocycles. The summed E-state index contributed by atoms with van der Waals surface area (Å²) in [5.74, 6) is 2.19. The molecule has 0 aromatic heterocycles. The molecule has 6 atom stereocenters. The van der Waals surface area contributed by atoms with Crippen molar-refractivity contribution in [3.63, 3.8) is 0 Å². The van der Waals surface area contributed by atoms with Gasteiger partial charge in [-0.3, -0.25) is 0 Å². The van der Waals surface area contributed by atoms with Crippen molar-refractivity contribution in [2.24, 2.45) is 23.2 Å². The highest BCUT2D eigenvalue weighted by Gasteiger charge is 2.50. The second kappa shape index (κ2) is 9.28. The van der Waals surface area contributed by atoms with Crippen LogP contribution in [0.1, 0.15) is 78.1 Å². The predicted molar refractivity (Wildman–Crippen MR) is 115 cm³/mol. The molecule has 0 saturated heterocycles. The van der Waals surface area contributed by atoms with Crippen LogP contribution in [-0.2, 0) is 0 Å². The molecule has 0 spiro atoms. The van der Waals surface area contributed by atoms with Gasteiger partial charge in [0.1, 0.15) is 0 Å². The average Bonchev–Trinajstić information content (AvgIpc) is 3.02. The van der Waals surface area contributed by atoms with E-state index in [9.17, 15) is 10.2 Å². The smallest absolute Gasteiger partial charge is 0.0809 e. The lowest BCUT2D eigenvalue weighted by atomic mass is 9.60. The van der Waals surface area contributed by atoms with Crippen LogP contribution in [0.5, 0.6) is 0 Å². The molecular weight excluding hydrogens is 348 g/mol. The Labute approximate surface area is 171 Å². The Morgan fingerprint density at radius 3 is 2.54 bits per heavy atom. The number of aliphatic hydroxyl groups is 3. The average molecular weight is 389 g/mol. The molecule has 3 aliphatic rings. The van der Waals surface area contributed by atoms with E-state index in [4.69, 9.17) is 5.11 Å². The van der Waals surface area contributed by atoms with Gasteiger partial charge in [-0.05, 0) is 80.1 Å². The van der Waals surface area contributed by atoms with E-state index in [0.717, 1.165) is 30.3 Å². The number of hydrogen-bond acceptors (Lipinski definition) is 3. The number of rotatable bonds is 6. The molecule has 0 amide bonds. The first-order valence-electron chi connectivity index (χ1n) is 11.4. The SMILES string of the molecule is C=C1[C@H](O)CC(=C/C=C2\CCC[C@@]3(C)C2CC[C@@H]3[C@H](C)CCCCO)C[C@H]1O. The van der Waals surface area contributed by atoms with E-state index in [-0.39, 0.29) is 0 Å². The Balaban J connectivity index is 1.70. The topological polar surface area (TPSA) is 60.7 Å². The summed E-state index contributed by atoms with van der Waals surface area (Å²) in [6, 6.07) is 0. The van der Waals surface area contributed by atoms with Gasteiger partial charge >= 0.3 is 0 Å². The molecule has 0 bridgehead atoms. The van der Waals surface area contributed by atoms with Crippen molar-refractivity contribution in [3.05, 3.63) is 35.5 Å². The number of aliphatic hydroxyl groups excluding tert-OH is 3. The van der Waals surface area contributed by atoms with E-state index in [2.05, 4.69) is 32.6 Å². The maximum atomic E-state index is 10.1. The molecule has 0 heterocycles. The molecule has 0 aromatic carbocycles. The van der Waals surface area contributed by atoms with Crippen LogP contribution in [0.15, 0.2) is 35.5 Å². The Morgan fingerprint density at radius 1 is 1.14 bits per heavy atom. The molecule has 3 rings (SSSR count). The van der Waals surface area contributed by atoms with Gasteiger partial charge in [0.05, 0.1) is 12.2 Å². The monoisotopic (exact) mass is 388 g/mol. The summed E-state index contributed by atoms with van der Waals surface area (Å²) in [4.78, 5) is 0. The number of allylic oxidation sites excluding steroid dienone is 3. The minimum absolute atomic E-state index is 0.315. The van der Waals surface area contributed by atoms with E-state index in [1.54, 1.807) is 5.57 Å². The van der Waals surface area contributed by atoms with Crippen molar-refractivity contribution in [1.82, 2.24) is 0 Å². The number of unbranched alkanes of at least 4 members (excludes halogenated alkanes) is 1. The summed E-state index contributed by atoms with van der Waals surface area (Å²) < 4.78 is 0. The van der Waals surface area contributed by atoms with Gasteiger partial charge in [0.25, 0.3) is 0 Å². The molecule has 3 saturated carbocycles. The quantitative estimate of drug-likeness (QED) is 0.447. The maximum Gasteiger partial charge on any atom is 0.0809 e. The van der Waals surface area contributed by atoms with Crippen molar-refractivity contribution in [2.45, 2.75) is 90.3 Å². The third kappa shape index (κ3) is 4.47. The highest BCUT2D eigenvalue weighted by molar-refractivity contribution is 5.29. The normalized spacial score (nSPS) is 38.5. The number of fused-ring (bicyclic) bond motifs is 1. The highest BCUT2D eigenvalue weighted by atomic mass is 16.3. The van der Waals surface area contributed by atoms with E-state index in [1.807, 2.05) is 0 Å². The van der Waals surface area contributed by atoms with E-state index >= 15 is 0 Å². The molecule has 3 N–H and O–H groups in total. The third-order valence-electron chi connectivity index (χ3n) is 8.09. The van der Waals surface area contributed by atoms with Crippen LogP contribution in [0, 0.1) is 23.2 Å². The van der Waals surface area contributed by atoms with Gasteiger partial charge in [0.2, 0.25) is 0 Å². The summed E-state index contributed by atoms with van der Waals surface area (Å²) in [6.07, 6.45) is 14.2. The molecule has 3 nitrogen and oxygen atoms in total. The molecule has 3 heteroatoms. The van der Waals surface area contributed by atoms with Crippen LogP contribution in [-0.4, -0.2) is 34.1 Å². The highest BCUT2D eigenvalue weighted by Crippen LogP contribution is 2.59. The first kappa shape index (κ1) is 21.8. The van der Waals surface area contributed by atoms with Crippen molar-refractivity contribution in [2.75, 3.05) is 6.61 Å². The van der Waals surface area contributed by atoms with Crippen LogP contribution >= 0.6 is 0 Å². The van der Waals surface area contributed by atoms with Gasteiger partial charge in [-0.2, -0.15) is 0 Å². The minimum Gasteiger partial charge on any atom is -0.396 e. The first-order valence-corrected chi connectivity index (χ1v) is 11.4. The van der Waals surface area contributed by atoms with Crippen LogP contribution in [0.4, 0.5) is 0 Å². The predicted octanol–water partition coefficient (Wildman–Crippen LogP) is 4.93. The minimum atomic E-state index is -0.611. The molecule has 0 aromatic rings. The molecular formula is C25H40O3. The lowest BCUT2D eigenvalue weighted by molar-refractivity contribution is 0.0925. The van der Waals surface area contributed by atoms with E-state index in [1.165, 1.54) is 38.5 Å². The molecule has 3 aliphatic carbocycles. The Bertz CT molecular complexity index is 603. The summed E-state index contributed by atoms with van der Waals surface area (Å²) in [7, 11) is 0. The fourth-order valence-corrected chi connectivity index (χ4v) is 6.42. The van der Waals surface area contributed by atoms with Gasteiger partial charge in [-0.25, -0.2) is 0 Å². The second-order valence-electron chi connectivity index (χ2n) is 9.87. The van der Waals surface area contributed by atoms with Gasteiger partial charge < -0.3 is 15.3 Å². The lowest BCUT2D eigenvalue weighted by Gasteiger charge is -2.44. The lowest BCUT2D eigenvalue weighted by Crippen LogP contribution is -2.36. The zero-order chi connectivity index (χ0) is 20.3. The van der Waals surface area contributed by atoms with Crippen LogP contribution in [0.2, 0.25) is 0 Å². The Morgan fingerprint density at radius 2 is 1.86 bits per heavy atom. The standard InChI is InChI=1S/C25H40O3/c1-17(7-4-5-14-26)21-11-12-22-20(8-6-13-25(21,22)3)10-9-19-15-23(27)18(2)24(28)16-19/h9-10,17,21-24,26-28H,2,4-8,11-16H2,1,3H3/b20-10+/t17-,21-,22?,23-,24-,25-/m1/s1. The van der Waals surface area contributed by atoms with Crippen molar-refractivity contribution >= 4 is 0 Å².